The average Bonchev–Trinajstić information content (AvgIpc) is 2.77. The van der Waals surface area contributed by atoms with Crippen LogP contribution in [0, 0.1) is 6.92 Å². The van der Waals surface area contributed by atoms with Crippen molar-refractivity contribution in [1.29, 1.82) is 0 Å². The Morgan fingerprint density at radius 3 is 2.60 bits per heavy atom. The van der Waals surface area contributed by atoms with E-state index in [4.69, 9.17) is 10.3 Å². The second-order valence-corrected chi connectivity index (χ2v) is 5.43. The lowest BCUT2D eigenvalue weighted by atomic mass is 10.1. The average molecular weight is 297 g/mol. The first-order valence-electron chi connectivity index (χ1n) is 6.26. The van der Waals surface area contributed by atoms with E-state index < -0.39 is 5.54 Å². The van der Waals surface area contributed by atoms with Crippen molar-refractivity contribution in [3.8, 4) is 0 Å². The molecule has 0 amide bonds. The monoisotopic (exact) mass is 296 g/mol. The van der Waals surface area contributed by atoms with E-state index in [0.29, 0.717) is 18.3 Å². The summed E-state index contributed by atoms with van der Waals surface area (Å²) in [6.45, 7) is 6.34. The van der Waals surface area contributed by atoms with E-state index in [1.807, 2.05) is 27.0 Å². The van der Waals surface area contributed by atoms with E-state index in [-0.39, 0.29) is 12.4 Å². The van der Waals surface area contributed by atoms with Gasteiger partial charge in [-0.3, -0.25) is 0 Å². The molecule has 6 heteroatoms. The Labute approximate surface area is 125 Å². The van der Waals surface area contributed by atoms with Crippen LogP contribution < -0.4 is 10.6 Å². The molecule has 1 heterocycles. The molecule has 5 nitrogen and oxygen atoms in total. The van der Waals surface area contributed by atoms with Crippen LogP contribution in [0.1, 0.15) is 31.1 Å². The fourth-order valence-corrected chi connectivity index (χ4v) is 1.74. The number of anilines is 1. The van der Waals surface area contributed by atoms with Crippen molar-refractivity contribution in [3.05, 3.63) is 41.5 Å². The molecule has 2 aromatic rings. The fraction of sp³-hybridized carbons (Fsp3) is 0.429. The highest BCUT2D eigenvalue weighted by atomic mass is 35.5. The molecule has 0 aliphatic carbocycles. The maximum absolute atomic E-state index is 5.93. The van der Waals surface area contributed by atoms with Gasteiger partial charge in [-0.25, -0.2) is 0 Å². The van der Waals surface area contributed by atoms with Crippen LogP contribution in [0.25, 0.3) is 0 Å². The number of nitrogens with two attached hydrogens (primary N) is 1. The Bertz CT molecular complexity index is 562. The third-order valence-electron chi connectivity index (χ3n) is 2.86. The van der Waals surface area contributed by atoms with Crippen LogP contribution in [0.3, 0.4) is 0 Å². The molecule has 0 aliphatic rings. The molecule has 0 unspecified atom stereocenters. The molecule has 2 rings (SSSR count). The minimum Gasteiger partial charge on any atom is -0.365 e. The summed E-state index contributed by atoms with van der Waals surface area (Å²) in [5, 5.41) is 3.91. The van der Waals surface area contributed by atoms with Gasteiger partial charge in [-0.15, -0.1) is 12.4 Å². The van der Waals surface area contributed by atoms with Crippen LogP contribution in [0.15, 0.2) is 28.8 Å². The molecular formula is C14H21ClN4O. The maximum atomic E-state index is 5.93. The summed E-state index contributed by atoms with van der Waals surface area (Å²) in [6.07, 6.45) is 0. The van der Waals surface area contributed by atoms with E-state index in [9.17, 15) is 0 Å². The van der Waals surface area contributed by atoms with Gasteiger partial charge in [-0.05, 0) is 38.5 Å². The van der Waals surface area contributed by atoms with Crippen LogP contribution in [0.4, 0.5) is 5.69 Å². The Hall–Kier alpha value is -1.59. The molecule has 0 atom stereocenters. The number of aryl methyl sites for hydroxylation is 1. The Morgan fingerprint density at radius 2 is 2.05 bits per heavy atom. The summed E-state index contributed by atoms with van der Waals surface area (Å²) in [5.74, 6) is 1.10. The van der Waals surface area contributed by atoms with Gasteiger partial charge in [0.1, 0.15) is 0 Å². The van der Waals surface area contributed by atoms with Gasteiger partial charge in [-0.2, -0.15) is 4.98 Å². The van der Waals surface area contributed by atoms with Crippen LogP contribution >= 0.6 is 12.4 Å². The van der Waals surface area contributed by atoms with Gasteiger partial charge >= 0.3 is 0 Å². The molecule has 20 heavy (non-hydrogen) atoms. The summed E-state index contributed by atoms with van der Waals surface area (Å²) in [4.78, 5) is 6.39. The van der Waals surface area contributed by atoms with Crippen LogP contribution in [-0.2, 0) is 12.1 Å². The molecular weight excluding hydrogens is 276 g/mol. The first-order chi connectivity index (χ1) is 8.86. The van der Waals surface area contributed by atoms with Crippen molar-refractivity contribution in [2.45, 2.75) is 32.9 Å². The van der Waals surface area contributed by atoms with Crippen molar-refractivity contribution in [1.82, 2.24) is 10.1 Å². The predicted octanol–water partition coefficient (Wildman–Crippen LogP) is 2.63. The van der Waals surface area contributed by atoms with Crippen LogP contribution in [0.2, 0.25) is 0 Å². The smallest absolute Gasteiger partial charge is 0.246 e. The quantitative estimate of drug-likeness (QED) is 0.939. The first-order valence-corrected chi connectivity index (χ1v) is 6.26. The number of benzene rings is 1. The van der Waals surface area contributed by atoms with Crippen molar-refractivity contribution in [2.75, 3.05) is 11.9 Å². The number of aromatic nitrogens is 2. The second kappa shape index (κ2) is 6.24. The number of nitrogens with zero attached hydrogens (tertiary/aromatic N) is 3. The normalized spacial score (nSPS) is 11.1. The zero-order valence-electron chi connectivity index (χ0n) is 12.3. The molecule has 0 aliphatic heterocycles. The number of halogens is 1. The molecule has 110 valence electrons. The molecule has 0 fully saturated rings. The summed E-state index contributed by atoms with van der Waals surface area (Å²) in [6, 6.07) is 8.27. The van der Waals surface area contributed by atoms with Gasteiger partial charge < -0.3 is 15.2 Å². The highest BCUT2D eigenvalue weighted by Crippen LogP contribution is 2.18. The highest BCUT2D eigenvalue weighted by Gasteiger charge is 2.21. The van der Waals surface area contributed by atoms with E-state index >= 15 is 0 Å². The summed E-state index contributed by atoms with van der Waals surface area (Å²) < 4.78 is 5.23. The molecule has 1 aromatic heterocycles. The Balaban J connectivity index is 0.00000200. The number of hydrogen-bond donors (Lipinski definition) is 1. The summed E-state index contributed by atoms with van der Waals surface area (Å²) in [5.41, 5.74) is 7.69. The van der Waals surface area contributed by atoms with Crippen molar-refractivity contribution < 1.29 is 4.52 Å². The minimum atomic E-state index is -0.580. The predicted molar refractivity (Wildman–Crippen MR) is 82.0 cm³/mol. The van der Waals surface area contributed by atoms with Gasteiger partial charge in [0.2, 0.25) is 5.89 Å². The maximum Gasteiger partial charge on any atom is 0.246 e. The largest absolute Gasteiger partial charge is 0.365 e. The van der Waals surface area contributed by atoms with Gasteiger partial charge in [0.05, 0.1) is 12.1 Å². The summed E-state index contributed by atoms with van der Waals surface area (Å²) in [7, 11) is 1.99. The molecule has 0 radical (unpaired) electrons. The van der Waals surface area contributed by atoms with E-state index in [2.05, 4.69) is 40.2 Å². The lowest BCUT2D eigenvalue weighted by molar-refractivity contribution is 0.360. The minimum absolute atomic E-state index is 0. The third kappa shape index (κ3) is 3.95. The third-order valence-corrected chi connectivity index (χ3v) is 2.86. The Morgan fingerprint density at radius 1 is 1.35 bits per heavy atom. The standard InChI is InChI=1S/C14H20N4O.ClH/c1-10-6-5-7-11(8-10)18(4)9-12-16-13(17-19-12)14(2,3)15;/h5-8H,9,15H2,1-4H3;1H. The van der Waals surface area contributed by atoms with Gasteiger partial charge in [-0.1, -0.05) is 17.3 Å². The molecule has 2 N–H and O–H groups in total. The molecule has 1 aromatic carbocycles. The Kier molecular flexibility index (Phi) is 5.14. The zero-order valence-corrected chi connectivity index (χ0v) is 13.1. The number of rotatable bonds is 4. The van der Waals surface area contributed by atoms with Crippen LogP contribution in [0.5, 0.6) is 0 Å². The molecule has 0 spiro atoms. The summed E-state index contributed by atoms with van der Waals surface area (Å²) >= 11 is 0. The van der Waals surface area contributed by atoms with Crippen LogP contribution in [-0.4, -0.2) is 17.2 Å². The molecule has 0 saturated heterocycles. The lowest BCUT2D eigenvalue weighted by Gasteiger charge is -2.17. The van der Waals surface area contributed by atoms with Crippen molar-refractivity contribution in [2.24, 2.45) is 5.73 Å². The number of hydrogen-bond acceptors (Lipinski definition) is 5. The fourth-order valence-electron chi connectivity index (χ4n) is 1.74. The lowest BCUT2D eigenvalue weighted by Crippen LogP contribution is -2.30. The molecule has 0 saturated carbocycles. The zero-order chi connectivity index (χ0) is 14.0. The SMILES string of the molecule is Cc1cccc(N(C)Cc2nc(C(C)(C)N)no2)c1.Cl. The van der Waals surface area contributed by atoms with E-state index in [0.717, 1.165) is 5.69 Å². The molecule has 0 bridgehead atoms. The van der Waals surface area contributed by atoms with E-state index in [1.54, 1.807) is 0 Å². The van der Waals surface area contributed by atoms with Gasteiger partial charge in [0.25, 0.3) is 0 Å². The van der Waals surface area contributed by atoms with Crippen molar-refractivity contribution >= 4 is 18.1 Å². The topological polar surface area (TPSA) is 68.2 Å². The van der Waals surface area contributed by atoms with Crippen molar-refractivity contribution in [3.63, 3.8) is 0 Å². The highest BCUT2D eigenvalue weighted by molar-refractivity contribution is 5.85. The second-order valence-electron chi connectivity index (χ2n) is 5.43. The van der Waals surface area contributed by atoms with Gasteiger partial charge in [0, 0.05) is 12.7 Å². The first kappa shape index (κ1) is 16.5. The van der Waals surface area contributed by atoms with Gasteiger partial charge in [0.15, 0.2) is 5.82 Å². The van der Waals surface area contributed by atoms with E-state index in [1.165, 1.54) is 5.56 Å².